The maximum Gasteiger partial charge on any atom is 0.315 e. The predicted molar refractivity (Wildman–Crippen MR) is 288 cm³/mol. The molecule has 4 saturated carbocycles. The van der Waals surface area contributed by atoms with Crippen LogP contribution in [0.5, 0.6) is 0 Å². The van der Waals surface area contributed by atoms with Gasteiger partial charge < -0.3 is 124 Å². The summed E-state index contributed by atoms with van der Waals surface area (Å²) in [5.41, 5.74) is -1.93. The molecule has 0 aromatic carbocycles. The number of hydrogen-bond acceptors (Lipinski definition) is 26. The Morgan fingerprint density at radius 3 is 1.76 bits per heavy atom. The first-order valence-corrected chi connectivity index (χ1v) is 30.6. The Kier molecular flexibility index (Phi) is 19.0. The molecule has 488 valence electrons. The van der Waals surface area contributed by atoms with Crippen LogP contribution in [0.2, 0.25) is 0 Å². The molecule has 15 N–H and O–H groups in total. The molecule has 5 aliphatic heterocycles. The number of aliphatic hydroxyl groups is 15. The standard InChI is InChI=1S/C59H96O26/c1-24-34(63)38(67)42(71)49(78-24)83-46-29(20-60)80-48(45(74)41(46)70)77-22-30-37(66)40(69)44(73)51(81-30)85-53(75)59-17-15-54(3,4)19-27(59)26-9-10-32-55(5)13-12-33(56(6,23-61)31(55)11-14-58(32,8)57(26,7)16-18-59)82-52-47(36(65)28(62)21-76-52)84-50-43(72)39(68)35(64)25(2)79-50/h9,24-25,27-52,60-74H,10-23H2,1-8H3/t24?,25?,27-,28?,29?,30?,31?,32-,33?,34?,35?,36?,37?,38?,39?,40?,41?,42?,43?,44?,45?,46?,47?,48?,49?,50?,51?,52?,55+,56+,57-,58-,59-/m1/s1. The molecule has 10 rings (SSSR count). The zero-order valence-electron chi connectivity index (χ0n) is 49.8. The molecule has 0 aromatic rings. The van der Waals surface area contributed by atoms with Crippen molar-refractivity contribution in [3.63, 3.8) is 0 Å². The summed E-state index contributed by atoms with van der Waals surface area (Å²) in [4.78, 5) is 15.2. The van der Waals surface area contributed by atoms with E-state index in [-0.39, 0.29) is 47.2 Å². The van der Waals surface area contributed by atoms with Gasteiger partial charge in [-0.2, -0.15) is 0 Å². The minimum Gasteiger partial charge on any atom is -0.432 e. The minimum atomic E-state index is -1.90. The molecule has 10 aliphatic rings. The first-order valence-electron chi connectivity index (χ1n) is 30.6. The molecule has 5 saturated heterocycles. The van der Waals surface area contributed by atoms with Crippen molar-refractivity contribution in [1.82, 2.24) is 0 Å². The number of esters is 1. The van der Waals surface area contributed by atoms with Crippen molar-refractivity contribution in [3.05, 3.63) is 11.6 Å². The summed E-state index contributed by atoms with van der Waals surface area (Å²) < 4.78 is 59.4. The first kappa shape index (κ1) is 66.2. The molecule has 26 nitrogen and oxygen atoms in total. The van der Waals surface area contributed by atoms with Crippen LogP contribution in [0, 0.1) is 50.2 Å². The summed E-state index contributed by atoms with van der Waals surface area (Å²) in [7, 11) is 0. The maximum atomic E-state index is 15.2. The van der Waals surface area contributed by atoms with Gasteiger partial charge in [0.25, 0.3) is 0 Å². The highest BCUT2D eigenvalue weighted by atomic mass is 16.8. The van der Waals surface area contributed by atoms with Crippen LogP contribution in [0.4, 0.5) is 0 Å². The largest absolute Gasteiger partial charge is 0.432 e. The molecule has 9 fully saturated rings. The van der Waals surface area contributed by atoms with E-state index in [0.29, 0.717) is 51.4 Å². The molecule has 0 amide bonds. The topological polar surface area (TPSA) is 413 Å². The number of fused-ring (bicyclic) bond motifs is 7. The Morgan fingerprint density at radius 2 is 1.14 bits per heavy atom. The number of hydrogen-bond donors (Lipinski definition) is 15. The lowest BCUT2D eigenvalue weighted by molar-refractivity contribution is -0.365. The van der Waals surface area contributed by atoms with E-state index in [2.05, 4.69) is 40.7 Å². The summed E-state index contributed by atoms with van der Waals surface area (Å²) in [5.74, 6) is -0.861. The van der Waals surface area contributed by atoms with Gasteiger partial charge in [-0.1, -0.05) is 53.2 Å². The number of ether oxygens (including phenoxy) is 10. The summed E-state index contributed by atoms with van der Waals surface area (Å²) in [6.07, 6.45) is -29.6. The van der Waals surface area contributed by atoms with E-state index in [1.165, 1.54) is 19.4 Å². The van der Waals surface area contributed by atoms with Crippen LogP contribution < -0.4 is 0 Å². The van der Waals surface area contributed by atoms with Gasteiger partial charge >= 0.3 is 5.97 Å². The Labute approximate surface area is 494 Å². The average Bonchev–Trinajstić information content (AvgIpc) is 0.688. The zero-order chi connectivity index (χ0) is 62.0. The Hall–Kier alpha value is -1.75. The van der Waals surface area contributed by atoms with E-state index in [0.717, 1.165) is 12.8 Å². The molecular weight excluding hydrogens is 1120 g/mol. The van der Waals surface area contributed by atoms with Crippen molar-refractivity contribution in [1.29, 1.82) is 0 Å². The van der Waals surface area contributed by atoms with Crippen LogP contribution in [0.25, 0.3) is 0 Å². The average molecular weight is 1220 g/mol. The molecule has 33 atom stereocenters. The SMILES string of the molecule is CC1OC(OC2C(CO)OC(OCC3OC(OC(=O)[C@@]45CCC(C)(C)C[C@@H]4C4=CC[C@@H]6[C@@]7(C)CCC(OC8OCC(O)C(O)C8OC8OC(C)C(O)C(O)C8O)[C@@](C)(CO)C7CC[C@@]6(C)[C@]4(C)CC5)C(O)C(O)C3O)C(O)C2O)C(O)C(O)C1O. The van der Waals surface area contributed by atoms with Crippen molar-refractivity contribution in [2.45, 2.75) is 273 Å². The van der Waals surface area contributed by atoms with Gasteiger partial charge in [0.1, 0.15) is 104 Å². The van der Waals surface area contributed by atoms with Crippen LogP contribution in [0.3, 0.4) is 0 Å². The molecule has 5 heterocycles. The third-order valence-corrected chi connectivity index (χ3v) is 23.2. The second-order valence-corrected chi connectivity index (χ2v) is 28.5. The molecule has 0 aromatic heterocycles. The molecular formula is C59H96O26. The normalized spacial score (nSPS) is 55.3. The number of carbonyl (C=O) groups is 1. The van der Waals surface area contributed by atoms with Gasteiger partial charge in [-0.3, -0.25) is 4.79 Å². The van der Waals surface area contributed by atoms with Crippen LogP contribution in [-0.2, 0) is 52.2 Å². The number of allylic oxidation sites excluding steroid dienone is 2. The highest BCUT2D eigenvalue weighted by Crippen LogP contribution is 2.76. The van der Waals surface area contributed by atoms with E-state index in [4.69, 9.17) is 47.4 Å². The molecule has 85 heavy (non-hydrogen) atoms. The van der Waals surface area contributed by atoms with Crippen LogP contribution in [-0.4, -0.2) is 263 Å². The quantitative estimate of drug-likeness (QED) is 0.0513. The van der Waals surface area contributed by atoms with Gasteiger partial charge in [-0.05, 0) is 117 Å². The van der Waals surface area contributed by atoms with Gasteiger partial charge in [-0.15, -0.1) is 0 Å². The molecule has 0 spiro atoms. The molecule has 26 unspecified atom stereocenters. The van der Waals surface area contributed by atoms with Gasteiger partial charge in [0, 0.05) is 5.41 Å². The molecule has 26 heteroatoms. The Balaban J connectivity index is 0.833. The third-order valence-electron chi connectivity index (χ3n) is 23.2. The number of carbonyl (C=O) groups excluding carboxylic acids is 1. The lowest BCUT2D eigenvalue weighted by Gasteiger charge is -2.71. The lowest BCUT2D eigenvalue weighted by Crippen LogP contribution is -2.67. The van der Waals surface area contributed by atoms with Gasteiger partial charge in [0.05, 0.1) is 50.2 Å². The fourth-order valence-electron chi connectivity index (χ4n) is 17.5. The fraction of sp³-hybridized carbons (Fsp3) is 0.949. The summed E-state index contributed by atoms with van der Waals surface area (Å²) >= 11 is 0. The van der Waals surface area contributed by atoms with Crippen LogP contribution in [0.1, 0.15) is 120 Å². The van der Waals surface area contributed by atoms with Crippen molar-refractivity contribution in [2.75, 3.05) is 26.4 Å². The van der Waals surface area contributed by atoms with Crippen molar-refractivity contribution in [3.8, 4) is 0 Å². The number of aliphatic hydroxyl groups excluding tert-OH is 15. The fourth-order valence-corrected chi connectivity index (χ4v) is 17.5. The molecule has 0 radical (unpaired) electrons. The first-order chi connectivity index (χ1) is 39.8. The second-order valence-electron chi connectivity index (χ2n) is 28.5. The molecule has 5 aliphatic carbocycles. The summed E-state index contributed by atoms with van der Waals surface area (Å²) in [6.45, 7) is 14.3. The maximum absolute atomic E-state index is 15.2. The Bertz CT molecular complexity index is 2370. The van der Waals surface area contributed by atoms with Crippen LogP contribution in [0.15, 0.2) is 11.6 Å². The van der Waals surface area contributed by atoms with Gasteiger partial charge in [-0.25, -0.2) is 0 Å². The van der Waals surface area contributed by atoms with E-state index in [9.17, 15) is 76.6 Å². The molecule has 0 bridgehead atoms. The monoisotopic (exact) mass is 1220 g/mol. The van der Waals surface area contributed by atoms with Crippen molar-refractivity contribution in [2.24, 2.45) is 50.2 Å². The smallest absolute Gasteiger partial charge is 0.315 e. The minimum absolute atomic E-state index is 0.0670. The zero-order valence-corrected chi connectivity index (χ0v) is 49.8. The van der Waals surface area contributed by atoms with E-state index in [1.54, 1.807) is 0 Å². The van der Waals surface area contributed by atoms with Gasteiger partial charge in [0.2, 0.25) is 6.29 Å². The second kappa shape index (κ2) is 24.4. The van der Waals surface area contributed by atoms with E-state index >= 15 is 4.79 Å². The van der Waals surface area contributed by atoms with Crippen molar-refractivity contribution < 1.29 is 129 Å². The summed E-state index contributed by atoms with van der Waals surface area (Å²) in [5, 5.41) is 163. The van der Waals surface area contributed by atoms with E-state index < -0.39 is 189 Å². The highest BCUT2D eigenvalue weighted by molar-refractivity contribution is 5.79. The highest BCUT2D eigenvalue weighted by Gasteiger charge is 2.71. The lowest BCUT2D eigenvalue weighted by atomic mass is 9.33. The van der Waals surface area contributed by atoms with Crippen molar-refractivity contribution >= 4 is 5.97 Å². The Morgan fingerprint density at radius 1 is 0.565 bits per heavy atom. The van der Waals surface area contributed by atoms with Gasteiger partial charge in [0.15, 0.2) is 25.2 Å². The van der Waals surface area contributed by atoms with E-state index in [1.807, 2.05) is 6.92 Å². The predicted octanol–water partition coefficient (Wildman–Crippen LogP) is -2.54. The number of rotatable bonds is 13. The summed E-state index contributed by atoms with van der Waals surface area (Å²) in [6, 6.07) is 0. The van der Waals surface area contributed by atoms with Crippen LogP contribution >= 0.6 is 0 Å². The third kappa shape index (κ3) is 11.1.